The molecular weight excluding hydrogens is 212 g/mol. The number of amides is 1. The smallest absolute Gasteiger partial charge is 0.240 e. The summed E-state index contributed by atoms with van der Waals surface area (Å²) in [6.45, 7) is 4.89. The third-order valence-electron chi connectivity index (χ3n) is 2.16. The van der Waals surface area contributed by atoms with Crippen LogP contribution in [0.3, 0.4) is 0 Å². The molecule has 0 N–H and O–H groups in total. The Bertz CT molecular complexity index is 314. The lowest BCUT2D eigenvalue weighted by Crippen LogP contribution is -2.35. The summed E-state index contributed by atoms with van der Waals surface area (Å²) in [4.78, 5) is 17.3. The Hall–Kier alpha value is -1.09. The van der Waals surface area contributed by atoms with Crippen molar-refractivity contribution in [2.75, 3.05) is 6.54 Å². The first-order chi connectivity index (χ1) is 7.15. The minimum absolute atomic E-state index is 0.0315. The van der Waals surface area contributed by atoms with Gasteiger partial charge in [0.2, 0.25) is 5.91 Å². The fourth-order valence-corrected chi connectivity index (χ4v) is 1.44. The number of nitrogens with zero attached hydrogens (tertiary/aromatic N) is 2. The maximum atomic E-state index is 11.7. The van der Waals surface area contributed by atoms with Crippen LogP contribution in [-0.2, 0) is 11.3 Å². The van der Waals surface area contributed by atoms with E-state index in [0.717, 1.165) is 5.56 Å². The summed E-state index contributed by atoms with van der Waals surface area (Å²) in [6, 6.07) is 3.80. The molecule has 0 spiro atoms. The molecule has 82 valence electrons. The van der Waals surface area contributed by atoms with Crippen LogP contribution in [0.15, 0.2) is 24.5 Å². The second-order valence-corrected chi connectivity index (χ2v) is 3.98. The van der Waals surface area contributed by atoms with Crippen LogP contribution in [0.25, 0.3) is 0 Å². The fraction of sp³-hybridized carbons (Fsp3) is 0.455. The summed E-state index contributed by atoms with van der Waals surface area (Å²) in [5, 5.41) is -0.466. The molecule has 1 aromatic rings. The molecule has 1 atom stereocenters. The molecule has 0 aliphatic carbocycles. The van der Waals surface area contributed by atoms with Crippen LogP contribution in [0, 0.1) is 0 Å². The van der Waals surface area contributed by atoms with Gasteiger partial charge >= 0.3 is 0 Å². The SMILES string of the molecule is CCN(Cc1ccncc1)C(=O)C(C)Cl. The van der Waals surface area contributed by atoms with Crippen molar-refractivity contribution in [1.29, 1.82) is 0 Å². The van der Waals surface area contributed by atoms with E-state index in [0.29, 0.717) is 13.1 Å². The van der Waals surface area contributed by atoms with Crippen molar-refractivity contribution in [3.05, 3.63) is 30.1 Å². The van der Waals surface area contributed by atoms with Crippen LogP contribution in [0.2, 0.25) is 0 Å². The van der Waals surface area contributed by atoms with Crippen LogP contribution >= 0.6 is 11.6 Å². The first-order valence-corrected chi connectivity index (χ1v) is 5.40. The van der Waals surface area contributed by atoms with Gasteiger partial charge in [0.1, 0.15) is 5.38 Å². The number of carbonyl (C=O) groups is 1. The highest BCUT2D eigenvalue weighted by Gasteiger charge is 2.16. The maximum Gasteiger partial charge on any atom is 0.240 e. The van der Waals surface area contributed by atoms with E-state index in [1.807, 2.05) is 19.1 Å². The molecule has 4 heteroatoms. The van der Waals surface area contributed by atoms with Gasteiger partial charge in [0.15, 0.2) is 0 Å². The lowest BCUT2D eigenvalue weighted by atomic mass is 10.2. The summed E-state index contributed by atoms with van der Waals surface area (Å²) in [6.07, 6.45) is 3.44. The van der Waals surface area contributed by atoms with E-state index in [-0.39, 0.29) is 5.91 Å². The molecule has 1 aromatic heterocycles. The van der Waals surface area contributed by atoms with Gasteiger partial charge in [0.05, 0.1) is 0 Å². The van der Waals surface area contributed by atoms with Crippen molar-refractivity contribution in [2.45, 2.75) is 25.8 Å². The standard InChI is InChI=1S/C11H15ClN2O/c1-3-14(11(15)9(2)12)8-10-4-6-13-7-5-10/h4-7,9H,3,8H2,1-2H3. The van der Waals surface area contributed by atoms with Crippen molar-refractivity contribution >= 4 is 17.5 Å². The van der Waals surface area contributed by atoms with Crippen molar-refractivity contribution < 1.29 is 4.79 Å². The normalized spacial score (nSPS) is 12.2. The second-order valence-electron chi connectivity index (χ2n) is 3.32. The van der Waals surface area contributed by atoms with E-state index in [4.69, 9.17) is 11.6 Å². The number of rotatable bonds is 4. The lowest BCUT2D eigenvalue weighted by Gasteiger charge is -2.22. The van der Waals surface area contributed by atoms with Gasteiger partial charge in [-0.05, 0) is 31.5 Å². The molecule has 0 aliphatic heterocycles. The summed E-state index contributed by atoms with van der Waals surface area (Å²) in [5.41, 5.74) is 1.07. The van der Waals surface area contributed by atoms with Gasteiger partial charge < -0.3 is 4.90 Å². The third kappa shape index (κ3) is 3.51. The largest absolute Gasteiger partial charge is 0.337 e. The third-order valence-corrected chi connectivity index (χ3v) is 2.34. The number of carbonyl (C=O) groups excluding carboxylic acids is 1. The molecule has 3 nitrogen and oxygen atoms in total. The number of halogens is 1. The van der Waals surface area contributed by atoms with Gasteiger partial charge in [-0.2, -0.15) is 0 Å². The molecule has 0 radical (unpaired) electrons. The highest BCUT2D eigenvalue weighted by molar-refractivity contribution is 6.30. The Morgan fingerprint density at radius 2 is 2.13 bits per heavy atom. The highest BCUT2D eigenvalue weighted by atomic mass is 35.5. The van der Waals surface area contributed by atoms with Crippen LogP contribution in [0.1, 0.15) is 19.4 Å². The minimum atomic E-state index is -0.466. The first-order valence-electron chi connectivity index (χ1n) is 4.97. The zero-order chi connectivity index (χ0) is 11.3. The number of pyridine rings is 1. The van der Waals surface area contributed by atoms with Gasteiger partial charge in [-0.15, -0.1) is 11.6 Å². The van der Waals surface area contributed by atoms with Gasteiger partial charge in [-0.3, -0.25) is 9.78 Å². The van der Waals surface area contributed by atoms with Gasteiger partial charge in [-0.1, -0.05) is 0 Å². The average Bonchev–Trinajstić information content (AvgIpc) is 2.26. The summed E-state index contributed by atoms with van der Waals surface area (Å²) in [7, 11) is 0. The Kier molecular flexibility index (Phi) is 4.56. The van der Waals surface area contributed by atoms with Crippen molar-refractivity contribution in [3.63, 3.8) is 0 Å². The Balaban J connectivity index is 2.66. The second kappa shape index (κ2) is 5.71. The summed E-state index contributed by atoms with van der Waals surface area (Å²) >= 11 is 5.76. The van der Waals surface area contributed by atoms with E-state index >= 15 is 0 Å². The predicted octanol–water partition coefficient (Wildman–Crippen LogP) is 2.06. The summed E-state index contributed by atoms with van der Waals surface area (Å²) in [5.74, 6) is -0.0315. The molecule has 0 fully saturated rings. The zero-order valence-electron chi connectivity index (χ0n) is 8.98. The topological polar surface area (TPSA) is 33.2 Å². The monoisotopic (exact) mass is 226 g/mol. The van der Waals surface area contributed by atoms with Crippen molar-refractivity contribution in [2.24, 2.45) is 0 Å². The molecule has 0 saturated heterocycles. The summed E-state index contributed by atoms with van der Waals surface area (Å²) < 4.78 is 0. The van der Waals surface area contributed by atoms with Crippen molar-refractivity contribution in [3.8, 4) is 0 Å². The number of hydrogen-bond donors (Lipinski definition) is 0. The molecule has 0 bridgehead atoms. The molecule has 0 aliphatic rings. The number of hydrogen-bond acceptors (Lipinski definition) is 2. The van der Waals surface area contributed by atoms with E-state index in [2.05, 4.69) is 4.98 Å². The molecule has 1 amide bonds. The Labute approximate surface area is 95.1 Å². The fourth-order valence-electron chi connectivity index (χ4n) is 1.31. The Morgan fingerprint density at radius 1 is 1.53 bits per heavy atom. The first kappa shape index (κ1) is 12.0. The predicted molar refractivity (Wildman–Crippen MR) is 60.6 cm³/mol. The molecule has 15 heavy (non-hydrogen) atoms. The van der Waals surface area contributed by atoms with Gasteiger partial charge in [0, 0.05) is 25.5 Å². The van der Waals surface area contributed by atoms with Crippen LogP contribution in [0.4, 0.5) is 0 Å². The average molecular weight is 227 g/mol. The van der Waals surface area contributed by atoms with E-state index in [9.17, 15) is 4.79 Å². The highest BCUT2D eigenvalue weighted by Crippen LogP contribution is 2.07. The van der Waals surface area contributed by atoms with Gasteiger partial charge in [0.25, 0.3) is 0 Å². The van der Waals surface area contributed by atoms with Crippen LogP contribution < -0.4 is 0 Å². The molecule has 1 rings (SSSR count). The van der Waals surface area contributed by atoms with Crippen molar-refractivity contribution in [1.82, 2.24) is 9.88 Å². The van der Waals surface area contributed by atoms with E-state index < -0.39 is 5.38 Å². The number of alkyl halides is 1. The zero-order valence-corrected chi connectivity index (χ0v) is 9.74. The molecule has 1 heterocycles. The van der Waals surface area contributed by atoms with Crippen LogP contribution in [0.5, 0.6) is 0 Å². The molecule has 0 saturated carbocycles. The van der Waals surface area contributed by atoms with E-state index in [1.54, 1.807) is 24.2 Å². The van der Waals surface area contributed by atoms with Crippen LogP contribution in [-0.4, -0.2) is 27.7 Å². The number of aromatic nitrogens is 1. The Morgan fingerprint density at radius 3 is 2.60 bits per heavy atom. The molecule has 1 unspecified atom stereocenters. The molecule has 0 aromatic carbocycles. The van der Waals surface area contributed by atoms with Gasteiger partial charge in [-0.25, -0.2) is 0 Å². The quantitative estimate of drug-likeness (QED) is 0.737. The lowest BCUT2D eigenvalue weighted by molar-refractivity contribution is -0.130. The maximum absolute atomic E-state index is 11.7. The minimum Gasteiger partial charge on any atom is -0.337 e. The molecular formula is C11H15ClN2O. The van der Waals surface area contributed by atoms with E-state index in [1.165, 1.54) is 0 Å².